The number of methoxy groups -OCH3 is 1. The molecule has 0 saturated carbocycles. The number of carbonyl (C=O) groups excluding carboxylic acids is 1. The van der Waals surface area contributed by atoms with Crippen molar-refractivity contribution >= 4 is 5.97 Å². The Labute approximate surface area is 94.6 Å². The molecule has 0 aliphatic carbocycles. The van der Waals surface area contributed by atoms with Gasteiger partial charge in [0.1, 0.15) is 17.5 Å². The van der Waals surface area contributed by atoms with Gasteiger partial charge in [0, 0.05) is 5.56 Å². The molecule has 0 spiro atoms. The van der Waals surface area contributed by atoms with E-state index in [-0.39, 0.29) is 5.56 Å². The number of alkyl halides is 2. The predicted molar refractivity (Wildman–Crippen MR) is 49.6 cm³/mol. The molecule has 0 amide bonds. The van der Waals surface area contributed by atoms with Gasteiger partial charge in [0.25, 0.3) is 6.43 Å². The topological polar surface area (TPSA) is 63.0 Å². The number of hydrogen-bond acceptors (Lipinski definition) is 4. The molecule has 0 aromatic carbocycles. The standard InChI is InChI=1S/C10H7F3N2O2/c1-17-8(16)3-5-2-6(11)9(10(12)13)15-7(5)4-14/h2,10H,3H2,1H3. The molecule has 4 nitrogen and oxygen atoms in total. The second-order valence-electron chi connectivity index (χ2n) is 3.03. The first-order chi connectivity index (χ1) is 7.99. The molecule has 0 atom stereocenters. The van der Waals surface area contributed by atoms with Crippen LogP contribution in [0.15, 0.2) is 6.07 Å². The summed E-state index contributed by atoms with van der Waals surface area (Å²) in [7, 11) is 1.12. The van der Waals surface area contributed by atoms with Crippen LogP contribution < -0.4 is 0 Å². The Morgan fingerprint density at radius 1 is 1.65 bits per heavy atom. The number of ether oxygens (including phenoxy) is 1. The van der Waals surface area contributed by atoms with Crippen LogP contribution in [0.4, 0.5) is 13.2 Å². The number of rotatable bonds is 3. The third-order valence-corrected chi connectivity index (χ3v) is 1.96. The molecule has 1 aromatic heterocycles. The zero-order valence-corrected chi connectivity index (χ0v) is 8.71. The monoisotopic (exact) mass is 244 g/mol. The Morgan fingerprint density at radius 2 is 2.29 bits per heavy atom. The van der Waals surface area contributed by atoms with E-state index >= 15 is 0 Å². The summed E-state index contributed by atoms with van der Waals surface area (Å²) in [6.07, 6.45) is -3.51. The van der Waals surface area contributed by atoms with Crippen LogP contribution in [0.1, 0.15) is 23.4 Å². The highest BCUT2D eigenvalue weighted by atomic mass is 19.3. The second kappa shape index (κ2) is 5.30. The molecule has 0 unspecified atom stereocenters. The third kappa shape index (κ3) is 2.93. The molecule has 7 heteroatoms. The van der Waals surface area contributed by atoms with Crippen LogP contribution in [0.3, 0.4) is 0 Å². The lowest BCUT2D eigenvalue weighted by molar-refractivity contribution is -0.139. The molecule has 0 fully saturated rings. The predicted octanol–water partition coefficient (Wildman–Crippen LogP) is 1.75. The van der Waals surface area contributed by atoms with Crippen LogP contribution >= 0.6 is 0 Å². The summed E-state index contributed by atoms with van der Waals surface area (Å²) in [6, 6.07) is 2.23. The van der Waals surface area contributed by atoms with Crippen LogP contribution in [0.2, 0.25) is 0 Å². The van der Waals surface area contributed by atoms with Crippen LogP contribution in [0.25, 0.3) is 0 Å². The lowest BCUT2D eigenvalue weighted by Gasteiger charge is -2.06. The first kappa shape index (κ1) is 13.0. The molecule has 1 heterocycles. The molecular formula is C10H7F3N2O2. The maximum absolute atomic E-state index is 13.2. The van der Waals surface area contributed by atoms with Crippen molar-refractivity contribution in [2.75, 3.05) is 7.11 Å². The van der Waals surface area contributed by atoms with Crippen molar-refractivity contribution in [3.05, 3.63) is 28.8 Å². The van der Waals surface area contributed by atoms with E-state index in [1.807, 2.05) is 0 Å². The van der Waals surface area contributed by atoms with Gasteiger partial charge in [-0.1, -0.05) is 0 Å². The summed E-state index contributed by atoms with van der Waals surface area (Å²) in [5.41, 5.74) is -1.59. The van der Waals surface area contributed by atoms with Crippen molar-refractivity contribution in [2.45, 2.75) is 12.8 Å². The number of nitriles is 1. The zero-order valence-electron chi connectivity index (χ0n) is 8.71. The van der Waals surface area contributed by atoms with Gasteiger partial charge in [0.05, 0.1) is 13.5 Å². The van der Waals surface area contributed by atoms with Gasteiger partial charge in [0.2, 0.25) is 0 Å². The lowest BCUT2D eigenvalue weighted by Crippen LogP contribution is -2.09. The Balaban J connectivity index is 3.20. The molecular weight excluding hydrogens is 237 g/mol. The first-order valence-electron chi connectivity index (χ1n) is 4.44. The largest absolute Gasteiger partial charge is 0.469 e. The van der Waals surface area contributed by atoms with Gasteiger partial charge in [-0.25, -0.2) is 18.2 Å². The lowest BCUT2D eigenvalue weighted by atomic mass is 10.1. The van der Waals surface area contributed by atoms with Gasteiger partial charge >= 0.3 is 5.97 Å². The maximum Gasteiger partial charge on any atom is 0.310 e. The number of halogens is 3. The minimum absolute atomic E-state index is 0.0822. The minimum atomic E-state index is -3.12. The highest BCUT2D eigenvalue weighted by molar-refractivity contribution is 5.73. The molecule has 90 valence electrons. The quantitative estimate of drug-likeness (QED) is 0.760. The summed E-state index contributed by atoms with van der Waals surface area (Å²) in [5.74, 6) is -1.97. The van der Waals surface area contributed by atoms with E-state index in [1.54, 1.807) is 0 Å². The van der Waals surface area contributed by atoms with E-state index in [1.165, 1.54) is 6.07 Å². The van der Waals surface area contributed by atoms with Crippen LogP contribution in [0.5, 0.6) is 0 Å². The highest BCUT2D eigenvalue weighted by Crippen LogP contribution is 2.22. The molecule has 17 heavy (non-hydrogen) atoms. The number of hydrogen-bond donors (Lipinski definition) is 0. The van der Waals surface area contributed by atoms with Crippen molar-refractivity contribution in [3.63, 3.8) is 0 Å². The number of esters is 1. The molecule has 0 saturated heterocycles. The van der Waals surface area contributed by atoms with Gasteiger partial charge in [-0.15, -0.1) is 0 Å². The van der Waals surface area contributed by atoms with Gasteiger partial charge < -0.3 is 4.74 Å². The highest BCUT2D eigenvalue weighted by Gasteiger charge is 2.20. The smallest absolute Gasteiger partial charge is 0.310 e. The SMILES string of the molecule is COC(=O)Cc1cc(F)c(C(F)F)nc1C#N. The zero-order chi connectivity index (χ0) is 13.0. The summed E-state index contributed by atoms with van der Waals surface area (Å²) < 4.78 is 42.1. The van der Waals surface area contributed by atoms with Crippen LogP contribution in [-0.2, 0) is 16.0 Å². The molecule has 0 aliphatic heterocycles. The second-order valence-corrected chi connectivity index (χ2v) is 3.03. The Morgan fingerprint density at radius 3 is 2.76 bits per heavy atom. The Bertz CT molecular complexity index is 483. The van der Waals surface area contributed by atoms with Crippen molar-refractivity contribution in [2.24, 2.45) is 0 Å². The van der Waals surface area contributed by atoms with Crippen LogP contribution in [-0.4, -0.2) is 18.1 Å². The molecule has 0 bridgehead atoms. The van der Waals surface area contributed by atoms with Gasteiger partial charge in [-0.05, 0) is 6.07 Å². The summed E-state index contributed by atoms with van der Waals surface area (Å²) in [6.45, 7) is 0. The van der Waals surface area contributed by atoms with Crippen molar-refractivity contribution in [1.29, 1.82) is 5.26 Å². The molecule has 1 aromatic rings. The number of carbonyl (C=O) groups is 1. The van der Waals surface area contributed by atoms with Crippen molar-refractivity contribution in [3.8, 4) is 6.07 Å². The van der Waals surface area contributed by atoms with E-state index < -0.39 is 36.0 Å². The Kier molecular flexibility index (Phi) is 4.04. The molecule has 0 radical (unpaired) electrons. The minimum Gasteiger partial charge on any atom is -0.469 e. The number of aromatic nitrogens is 1. The van der Waals surface area contributed by atoms with Crippen LogP contribution in [0, 0.1) is 17.1 Å². The summed E-state index contributed by atoms with van der Waals surface area (Å²) >= 11 is 0. The van der Waals surface area contributed by atoms with E-state index in [4.69, 9.17) is 5.26 Å². The molecule has 0 aliphatic rings. The van der Waals surface area contributed by atoms with E-state index in [0.717, 1.165) is 7.11 Å². The first-order valence-corrected chi connectivity index (χ1v) is 4.44. The fourth-order valence-electron chi connectivity index (χ4n) is 1.15. The summed E-state index contributed by atoms with van der Waals surface area (Å²) in [5, 5.41) is 8.67. The van der Waals surface area contributed by atoms with E-state index in [2.05, 4.69) is 9.72 Å². The Hall–Kier alpha value is -2.10. The number of pyridine rings is 1. The fraction of sp³-hybridized carbons (Fsp3) is 0.300. The summed E-state index contributed by atoms with van der Waals surface area (Å²) in [4.78, 5) is 14.1. The average Bonchev–Trinajstić information content (AvgIpc) is 2.28. The van der Waals surface area contributed by atoms with Crippen molar-refractivity contribution in [1.82, 2.24) is 4.98 Å². The van der Waals surface area contributed by atoms with Gasteiger partial charge in [0.15, 0.2) is 5.82 Å². The van der Waals surface area contributed by atoms with E-state index in [9.17, 15) is 18.0 Å². The molecule has 0 N–H and O–H groups in total. The van der Waals surface area contributed by atoms with Crippen molar-refractivity contribution < 1.29 is 22.7 Å². The van der Waals surface area contributed by atoms with E-state index in [0.29, 0.717) is 6.07 Å². The van der Waals surface area contributed by atoms with Gasteiger partial charge in [-0.2, -0.15) is 5.26 Å². The molecule has 1 rings (SSSR count). The average molecular weight is 244 g/mol. The maximum atomic E-state index is 13.2. The third-order valence-electron chi connectivity index (χ3n) is 1.96. The fourth-order valence-corrected chi connectivity index (χ4v) is 1.15. The normalized spacial score (nSPS) is 10.1. The number of nitrogens with zero attached hydrogens (tertiary/aromatic N) is 2. The van der Waals surface area contributed by atoms with Gasteiger partial charge in [-0.3, -0.25) is 4.79 Å².